The lowest BCUT2D eigenvalue weighted by molar-refractivity contribution is -0.137. The van der Waals surface area contributed by atoms with E-state index >= 15 is 0 Å². The van der Waals surface area contributed by atoms with Gasteiger partial charge >= 0.3 is 5.97 Å². The molecule has 1 saturated carbocycles. The number of carboxylic acids is 1. The topological polar surface area (TPSA) is 69.6 Å². The summed E-state index contributed by atoms with van der Waals surface area (Å²) in [6.45, 7) is 7.05. The Hall–Kier alpha value is -2.34. The zero-order chi connectivity index (χ0) is 25.4. The van der Waals surface area contributed by atoms with Crippen LogP contribution in [0.15, 0.2) is 30.3 Å². The molecule has 1 unspecified atom stereocenters. The summed E-state index contributed by atoms with van der Waals surface area (Å²) in [6, 6.07) is 10.5. The van der Waals surface area contributed by atoms with Crippen LogP contribution in [0.2, 0.25) is 0 Å². The van der Waals surface area contributed by atoms with Gasteiger partial charge in [0.05, 0.1) is 12.5 Å². The Morgan fingerprint density at radius 3 is 2.31 bits per heavy atom. The van der Waals surface area contributed by atoms with E-state index in [0.29, 0.717) is 17.4 Å². The molecule has 1 aromatic heterocycles. The molecule has 2 N–H and O–H groups in total. The van der Waals surface area contributed by atoms with Gasteiger partial charge in [-0.25, -0.2) is 0 Å². The van der Waals surface area contributed by atoms with Crippen molar-refractivity contribution < 1.29 is 14.7 Å². The van der Waals surface area contributed by atoms with E-state index in [1.165, 1.54) is 65.2 Å². The molecule has 1 aromatic carbocycles. The lowest BCUT2D eigenvalue weighted by Gasteiger charge is -2.32. The maximum Gasteiger partial charge on any atom is 0.305 e. The van der Waals surface area contributed by atoms with Crippen LogP contribution in [-0.2, 0) is 11.2 Å². The molecule has 0 spiro atoms. The predicted octanol–water partition coefficient (Wildman–Crippen LogP) is 7.49. The van der Waals surface area contributed by atoms with Gasteiger partial charge in [0.2, 0.25) is 0 Å². The number of hydrogen-bond donors (Lipinski definition) is 2. The molecule has 1 aliphatic rings. The summed E-state index contributed by atoms with van der Waals surface area (Å²) in [6.07, 6.45) is 9.79. The smallest absolute Gasteiger partial charge is 0.305 e. The summed E-state index contributed by atoms with van der Waals surface area (Å²) in [5, 5.41) is 12.8. The van der Waals surface area contributed by atoms with E-state index in [1.807, 2.05) is 35.6 Å². The highest BCUT2D eigenvalue weighted by Gasteiger charge is 2.29. The molecular weight excluding hydrogens is 456 g/mol. The number of carbonyl (C=O) groups is 2. The second-order valence-electron chi connectivity index (χ2n) is 9.86. The largest absolute Gasteiger partial charge is 0.481 e. The minimum absolute atomic E-state index is 0.0513. The summed E-state index contributed by atoms with van der Waals surface area (Å²) in [4.78, 5) is 28.0. The average Bonchev–Trinajstić information content (AvgIpc) is 3.30. The molecule has 192 valence electrons. The van der Waals surface area contributed by atoms with Crippen LogP contribution in [0.25, 0.3) is 0 Å². The normalized spacial score (nSPS) is 15.2. The molecule has 0 bridgehead atoms. The van der Waals surface area contributed by atoms with Gasteiger partial charge < -0.3 is 15.3 Å². The SMILES string of the molecule is CCc1sc(C(CC)CC)cc1C(Nc1ccc(C(=O)N(C)CCC(=O)O)cc1)C1CCCCC1. The number of amides is 1. The Morgan fingerprint density at radius 1 is 1.09 bits per heavy atom. The molecule has 5 nitrogen and oxygen atoms in total. The quantitative estimate of drug-likeness (QED) is 0.318. The Labute approximate surface area is 214 Å². The van der Waals surface area contributed by atoms with Crippen molar-refractivity contribution >= 4 is 28.9 Å². The summed E-state index contributed by atoms with van der Waals surface area (Å²) < 4.78 is 0. The number of aliphatic carboxylic acids is 1. The number of thiophene rings is 1. The number of hydrogen-bond acceptors (Lipinski definition) is 4. The number of anilines is 1. The van der Waals surface area contributed by atoms with Gasteiger partial charge in [0, 0.05) is 34.6 Å². The van der Waals surface area contributed by atoms with Crippen molar-refractivity contribution in [2.45, 2.75) is 90.5 Å². The number of aryl methyl sites for hydroxylation is 1. The van der Waals surface area contributed by atoms with E-state index < -0.39 is 5.97 Å². The number of nitrogens with one attached hydrogen (secondary N) is 1. The van der Waals surface area contributed by atoms with Crippen LogP contribution in [-0.4, -0.2) is 35.5 Å². The van der Waals surface area contributed by atoms with E-state index in [0.717, 1.165) is 12.1 Å². The van der Waals surface area contributed by atoms with Gasteiger partial charge in [-0.3, -0.25) is 9.59 Å². The lowest BCUT2D eigenvalue weighted by atomic mass is 9.80. The molecule has 3 rings (SSSR count). The zero-order valence-corrected chi connectivity index (χ0v) is 22.6. The van der Waals surface area contributed by atoms with Gasteiger partial charge in [-0.15, -0.1) is 11.3 Å². The lowest BCUT2D eigenvalue weighted by Crippen LogP contribution is -2.29. The third-order valence-corrected chi connectivity index (χ3v) is 8.95. The van der Waals surface area contributed by atoms with Crippen LogP contribution in [0.5, 0.6) is 0 Å². The minimum atomic E-state index is -0.898. The Balaban J connectivity index is 1.83. The predicted molar refractivity (Wildman–Crippen MR) is 146 cm³/mol. The first-order chi connectivity index (χ1) is 16.9. The fraction of sp³-hybridized carbons (Fsp3) is 0.586. The van der Waals surface area contributed by atoms with Crippen molar-refractivity contribution in [2.24, 2.45) is 5.92 Å². The third kappa shape index (κ3) is 7.09. The molecule has 1 fully saturated rings. The first kappa shape index (κ1) is 27.3. The molecule has 2 aromatic rings. The summed E-state index contributed by atoms with van der Waals surface area (Å²) in [7, 11) is 1.65. The number of carbonyl (C=O) groups excluding carboxylic acids is 1. The van der Waals surface area contributed by atoms with Crippen molar-refractivity contribution in [3.63, 3.8) is 0 Å². The van der Waals surface area contributed by atoms with Crippen LogP contribution in [0.3, 0.4) is 0 Å². The van der Waals surface area contributed by atoms with Crippen molar-refractivity contribution in [3.8, 4) is 0 Å². The van der Waals surface area contributed by atoms with Gasteiger partial charge in [0.1, 0.15) is 0 Å². The van der Waals surface area contributed by atoms with Crippen LogP contribution >= 0.6 is 11.3 Å². The van der Waals surface area contributed by atoms with E-state index in [1.54, 1.807) is 7.05 Å². The maximum absolute atomic E-state index is 12.7. The fourth-order valence-corrected chi connectivity index (χ4v) is 6.71. The molecule has 1 aliphatic carbocycles. The highest BCUT2D eigenvalue weighted by Crippen LogP contribution is 2.42. The summed E-state index contributed by atoms with van der Waals surface area (Å²) >= 11 is 2.00. The van der Waals surface area contributed by atoms with Gasteiger partial charge in [0.15, 0.2) is 0 Å². The van der Waals surface area contributed by atoms with E-state index in [4.69, 9.17) is 5.11 Å². The van der Waals surface area contributed by atoms with E-state index in [-0.39, 0.29) is 24.9 Å². The molecule has 35 heavy (non-hydrogen) atoms. The second-order valence-corrected chi connectivity index (χ2v) is 11.0. The fourth-order valence-electron chi connectivity index (χ4n) is 5.29. The van der Waals surface area contributed by atoms with Crippen molar-refractivity contribution in [3.05, 3.63) is 51.2 Å². The second kappa shape index (κ2) is 13.1. The summed E-state index contributed by atoms with van der Waals surface area (Å²) in [5.74, 6) is 0.198. The average molecular weight is 499 g/mol. The first-order valence-electron chi connectivity index (χ1n) is 13.3. The monoisotopic (exact) mass is 498 g/mol. The van der Waals surface area contributed by atoms with Crippen molar-refractivity contribution in [2.75, 3.05) is 18.9 Å². The van der Waals surface area contributed by atoms with Crippen LogP contribution in [0, 0.1) is 5.92 Å². The van der Waals surface area contributed by atoms with Gasteiger partial charge in [-0.2, -0.15) is 0 Å². The molecule has 1 heterocycles. The van der Waals surface area contributed by atoms with Crippen molar-refractivity contribution in [1.82, 2.24) is 4.90 Å². The molecule has 1 amide bonds. The highest BCUT2D eigenvalue weighted by atomic mass is 32.1. The Bertz CT molecular complexity index is 959. The third-order valence-electron chi connectivity index (χ3n) is 7.49. The Morgan fingerprint density at radius 2 is 1.74 bits per heavy atom. The highest BCUT2D eigenvalue weighted by molar-refractivity contribution is 7.12. The molecule has 6 heteroatoms. The molecule has 0 saturated heterocycles. The van der Waals surface area contributed by atoms with Crippen molar-refractivity contribution in [1.29, 1.82) is 0 Å². The Kier molecular flexibility index (Phi) is 10.2. The maximum atomic E-state index is 12.7. The number of nitrogens with zero attached hydrogens (tertiary/aromatic N) is 1. The van der Waals surface area contributed by atoms with Crippen LogP contribution < -0.4 is 5.32 Å². The minimum Gasteiger partial charge on any atom is -0.481 e. The zero-order valence-electron chi connectivity index (χ0n) is 21.8. The molecule has 1 atom stereocenters. The van der Waals surface area contributed by atoms with Gasteiger partial charge in [-0.05, 0) is 79.8 Å². The van der Waals surface area contributed by atoms with Gasteiger partial charge in [-0.1, -0.05) is 40.0 Å². The van der Waals surface area contributed by atoms with Crippen LogP contribution in [0.4, 0.5) is 5.69 Å². The molecule has 0 aliphatic heterocycles. The van der Waals surface area contributed by atoms with Crippen LogP contribution in [0.1, 0.15) is 110 Å². The number of benzene rings is 1. The van der Waals surface area contributed by atoms with E-state index in [9.17, 15) is 9.59 Å². The number of carboxylic acid groups (broad SMARTS) is 1. The molecular formula is C29H42N2O3S. The first-order valence-corrected chi connectivity index (χ1v) is 14.2. The van der Waals surface area contributed by atoms with E-state index in [2.05, 4.69) is 32.2 Å². The molecule has 0 radical (unpaired) electrons. The summed E-state index contributed by atoms with van der Waals surface area (Å²) in [5.41, 5.74) is 3.08. The van der Waals surface area contributed by atoms with Gasteiger partial charge in [0.25, 0.3) is 5.91 Å². The number of rotatable bonds is 12. The standard InChI is InChI=1S/C29H42N2O3S/c1-5-20(6-2)26-19-24(25(7-3)35-26)28(21-11-9-8-10-12-21)30-23-15-13-22(14-16-23)29(34)31(4)18-17-27(32)33/h13-16,19-21,28,30H,5-12,17-18H2,1-4H3,(H,32,33).